The molecule has 0 saturated carbocycles. The summed E-state index contributed by atoms with van der Waals surface area (Å²) in [5, 5.41) is 8.49. The maximum Gasteiger partial charge on any atom is 0.342 e. The summed E-state index contributed by atoms with van der Waals surface area (Å²) in [7, 11) is 0. The van der Waals surface area contributed by atoms with Gasteiger partial charge in [-0.1, -0.05) is 12.1 Å². The summed E-state index contributed by atoms with van der Waals surface area (Å²) in [4.78, 5) is 22.7. The van der Waals surface area contributed by atoms with Gasteiger partial charge in [-0.3, -0.25) is 4.79 Å². The van der Waals surface area contributed by atoms with Crippen molar-refractivity contribution >= 4 is 11.9 Å². The van der Waals surface area contributed by atoms with E-state index in [1.165, 1.54) is 19.1 Å². The van der Waals surface area contributed by atoms with Crippen molar-refractivity contribution in [3.63, 3.8) is 0 Å². The molecule has 1 aromatic rings. The summed E-state index contributed by atoms with van der Waals surface area (Å²) in [6, 6.07) is 6.32. The number of carbonyl (C=O) groups is 2. The number of aliphatic hydroxyl groups excluding tert-OH is 1. The number of carbonyl (C=O) groups excluding carboxylic acids is 2. The summed E-state index contributed by atoms with van der Waals surface area (Å²) < 4.78 is 14.8. The monoisotopic (exact) mass is 268 g/mol. The Balaban J connectivity index is 2.54. The Labute approximate surface area is 110 Å². The van der Waals surface area contributed by atoms with Gasteiger partial charge in [0.05, 0.1) is 19.8 Å². The lowest BCUT2D eigenvalue weighted by molar-refractivity contribution is -0.131. The van der Waals surface area contributed by atoms with Crippen LogP contribution in [0, 0.1) is 0 Å². The normalized spacial score (nSPS) is 10.0. The summed E-state index contributed by atoms with van der Waals surface area (Å²) >= 11 is 0. The van der Waals surface area contributed by atoms with Crippen LogP contribution in [0.5, 0.6) is 5.75 Å². The average molecular weight is 268 g/mol. The molecule has 0 fully saturated rings. The molecule has 6 nitrogen and oxygen atoms in total. The fraction of sp³-hybridized carbons (Fsp3) is 0.385. The first-order chi connectivity index (χ1) is 9.15. The standard InChI is InChI=1S/C13H16O6/c1-10(15)19-12-5-3-2-4-11(12)13(16)18-9-8-17-7-6-14/h2-5,14H,6-9H2,1H3. The molecule has 19 heavy (non-hydrogen) atoms. The molecule has 0 atom stereocenters. The molecule has 0 aliphatic carbocycles. The molecule has 1 N–H and O–H groups in total. The first-order valence-corrected chi connectivity index (χ1v) is 5.78. The first kappa shape index (κ1) is 15.1. The molecule has 0 bridgehead atoms. The highest BCUT2D eigenvalue weighted by molar-refractivity contribution is 5.93. The van der Waals surface area contributed by atoms with Crippen LogP contribution in [0.15, 0.2) is 24.3 Å². The van der Waals surface area contributed by atoms with Crippen LogP contribution in [0.1, 0.15) is 17.3 Å². The van der Waals surface area contributed by atoms with Crippen LogP contribution in [0.4, 0.5) is 0 Å². The molecule has 104 valence electrons. The summed E-state index contributed by atoms with van der Waals surface area (Å²) in [5.41, 5.74) is 0.180. The Hall–Kier alpha value is -1.92. The van der Waals surface area contributed by atoms with Crippen LogP contribution >= 0.6 is 0 Å². The summed E-state index contributed by atoms with van der Waals surface area (Å²) in [5.74, 6) is -0.938. The minimum absolute atomic E-state index is 0.0627. The molecule has 1 aromatic carbocycles. The highest BCUT2D eigenvalue weighted by Gasteiger charge is 2.14. The van der Waals surface area contributed by atoms with Gasteiger partial charge >= 0.3 is 11.9 Å². The highest BCUT2D eigenvalue weighted by atomic mass is 16.6. The van der Waals surface area contributed by atoms with Gasteiger partial charge in [0.25, 0.3) is 0 Å². The third kappa shape index (κ3) is 5.50. The Morgan fingerprint density at radius 3 is 2.58 bits per heavy atom. The number of rotatable bonds is 7. The Bertz CT molecular complexity index is 429. The zero-order chi connectivity index (χ0) is 14.1. The second-order valence-electron chi connectivity index (χ2n) is 3.56. The Morgan fingerprint density at radius 1 is 1.16 bits per heavy atom. The van der Waals surface area contributed by atoms with E-state index in [1.807, 2.05) is 0 Å². The molecule has 0 spiro atoms. The number of ether oxygens (including phenoxy) is 3. The van der Waals surface area contributed by atoms with Gasteiger partial charge in [-0.25, -0.2) is 4.79 Å². The van der Waals surface area contributed by atoms with Gasteiger partial charge in [-0.2, -0.15) is 0 Å². The Morgan fingerprint density at radius 2 is 1.89 bits per heavy atom. The van der Waals surface area contributed by atoms with Crippen molar-refractivity contribution in [2.24, 2.45) is 0 Å². The molecule has 6 heteroatoms. The van der Waals surface area contributed by atoms with Crippen molar-refractivity contribution in [1.29, 1.82) is 0 Å². The molecular formula is C13H16O6. The van der Waals surface area contributed by atoms with E-state index in [-0.39, 0.29) is 37.7 Å². The van der Waals surface area contributed by atoms with Crippen molar-refractivity contribution in [3.05, 3.63) is 29.8 Å². The number of aliphatic hydroxyl groups is 1. The molecule has 0 aliphatic heterocycles. The molecule has 0 unspecified atom stereocenters. The maximum absolute atomic E-state index is 11.8. The van der Waals surface area contributed by atoms with Crippen LogP contribution < -0.4 is 4.74 Å². The molecule has 0 heterocycles. The quantitative estimate of drug-likeness (QED) is 0.447. The zero-order valence-corrected chi connectivity index (χ0v) is 10.6. The highest BCUT2D eigenvalue weighted by Crippen LogP contribution is 2.19. The van der Waals surface area contributed by atoms with E-state index < -0.39 is 11.9 Å². The molecule has 0 aliphatic rings. The van der Waals surface area contributed by atoms with Gasteiger partial charge in [0, 0.05) is 6.92 Å². The van der Waals surface area contributed by atoms with Crippen molar-refractivity contribution in [1.82, 2.24) is 0 Å². The topological polar surface area (TPSA) is 82.1 Å². The minimum atomic E-state index is -0.593. The molecular weight excluding hydrogens is 252 g/mol. The zero-order valence-electron chi connectivity index (χ0n) is 10.6. The molecule has 0 radical (unpaired) electrons. The SMILES string of the molecule is CC(=O)Oc1ccccc1C(=O)OCCOCCO. The predicted molar refractivity (Wildman–Crippen MR) is 65.9 cm³/mol. The number of para-hydroxylation sites is 1. The Kier molecular flexibility index (Phi) is 6.56. The van der Waals surface area contributed by atoms with Crippen LogP contribution in [0.3, 0.4) is 0 Å². The predicted octanol–water partition coefficient (Wildman–Crippen LogP) is 0.778. The van der Waals surface area contributed by atoms with Crippen LogP contribution in [0.2, 0.25) is 0 Å². The molecule has 0 amide bonds. The largest absolute Gasteiger partial charge is 0.460 e. The fourth-order valence-corrected chi connectivity index (χ4v) is 1.32. The first-order valence-electron chi connectivity index (χ1n) is 5.78. The van der Waals surface area contributed by atoms with E-state index in [1.54, 1.807) is 12.1 Å². The minimum Gasteiger partial charge on any atom is -0.460 e. The van der Waals surface area contributed by atoms with Crippen LogP contribution in [-0.2, 0) is 14.3 Å². The van der Waals surface area contributed by atoms with Crippen molar-refractivity contribution in [3.8, 4) is 5.75 Å². The van der Waals surface area contributed by atoms with Gasteiger partial charge in [-0.05, 0) is 12.1 Å². The van der Waals surface area contributed by atoms with Gasteiger partial charge in [0.2, 0.25) is 0 Å². The van der Waals surface area contributed by atoms with Crippen molar-refractivity contribution < 1.29 is 28.9 Å². The van der Waals surface area contributed by atoms with Crippen LogP contribution in [0.25, 0.3) is 0 Å². The lowest BCUT2D eigenvalue weighted by Crippen LogP contribution is -2.14. The van der Waals surface area contributed by atoms with E-state index in [4.69, 9.17) is 19.3 Å². The third-order valence-electron chi connectivity index (χ3n) is 2.06. The second-order valence-corrected chi connectivity index (χ2v) is 3.56. The average Bonchev–Trinajstić information content (AvgIpc) is 2.38. The number of esters is 2. The van der Waals surface area contributed by atoms with Crippen LogP contribution in [-0.4, -0.2) is 43.5 Å². The molecule has 1 rings (SSSR count). The maximum atomic E-state index is 11.8. The van der Waals surface area contributed by atoms with Gasteiger partial charge in [0.15, 0.2) is 0 Å². The van der Waals surface area contributed by atoms with Gasteiger partial charge in [0.1, 0.15) is 17.9 Å². The number of hydrogen-bond donors (Lipinski definition) is 1. The van der Waals surface area contributed by atoms with E-state index in [2.05, 4.69) is 0 Å². The van der Waals surface area contributed by atoms with Gasteiger partial charge in [-0.15, -0.1) is 0 Å². The molecule has 0 saturated heterocycles. The van der Waals surface area contributed by atoms with Crippen molar-refractivity contribution in [2.45, 2.75) is 6.92 Å². The summed E-state index contributed by atoms with van der Waals surface area (Å²) in [6.07, 6.45) is 0. The lowest BCUT2D eigenvalue weighted by Gasteiger charge is -2.09. The second kappa shape index (κ2) is 8.23. The van der Waals surface area contributed by atoms with E-state index in [0.717, 1.165) is 0 Å². The van der Waals surface area contributed by atoms with E-state index >= 15 is 0 Å². The summed E-state index contributed by atoms with van der Waals surface area (Å²) in [6.45, 7) is 1.63. The third-order valence-corrected chi connectivity index (χ3v) is 2.06. The molecule has 0 aromatic heterocycles. The fourth-order valence-electron chi connectivity index (χ4n) is 1.32. The number of benzene rings is 1. The number of hydrogen-bond acceptors (Lipinski definition) is 6. The lowest BCUT2D eigenvalue weighted by atomic mass is 10.2. The van der Waals surface area contributed by atoms with E-state index in [9.17, 15) is 9.59 Å². The van der Waals surface area contributed by atoms with Crippen molar-refractivity contribution in [2.75, 3.05) is 26.4 Å². The van der Waals surface area contributed by atoms with E-state index in [0.29, 0.717) is 0 Å². The van der Waals surface area contributed by atoms with Gasteiger partial charge < -0.3 is 19.3 Å². The smallest absolute Gasteiger partial charge is 0.342 e.